The lowest BCUT2D eigenvalue weighted by Crippen LogP contribution is -2.33. The number of halogens is 6. The third-order valence-corrected chi connectivity index (χ3v) is 9.79. The highest BCUT2D eigenvalue weighted by Gasteiger charge is 2.57. The van der Waals surface area contributed by atoms with Crippen LogP contribution in [0.1, 0.15) is 27.5 Å². The molecule has 2 aliphatic heterocycles. The summed E-state index contributed by atoms with van der Waals surface area (Å²) in [5.41, 5.74) is -2.76. The molecule has 1 fully saturated rings. The van der Waals surface area contributed by atoms with Crippen LogP contribution in [0.2, 0.25) is 0 Å². The number of carbonyl (C=O) groups is 3. The second-order valence-electron chi connectivity index (χ2n) is 10.2. The average Bonchev–Trinajstić information content (AvgIpc) is 3.49. The number of thioether (sulfide) groups is 1. The van der Waals surface area contributed by atoms with Crippen LogP contribution in [0.3, 0.4) is 0 Å². The number of hydrogen-bond acceptors (Lipinski definition) is 7. The van der Waals surface area contributed by atoms with Crippen molar-refractivity contribution in [2.75, 3.05) is 16.8 Å². The molecule has 0 bridgehead atoms. The number of ether oxygens (including phenoxy) is 1. The van der Waals surface area contributed by atoms with E-state index in [-0.39, 0.29) is 5.75 Å². The van der Waals surface area contributed by atoms with Gasteiger partial charge in [0.25, 0.3) is 5.91 Å². The Kier molecular flexibility index (Phi) is 7.96. The summed E-state index contributed by atoms with van der Waals surface area (Å²) >= 11 is 1.72. The number of aromatic amines is 1. The fourth-order valence-corrected chi connectivity index (χ4v) is 7.98. The lowest BCUT2D eigenvalue weighted by atomic mass is 9.83. The number of fused-ring (bicyclic) bond motifs is 2. The summed E-state index contributed by atoms with van der Waals surface area (Å²) in [6.07, 6.45) is -9.52. The van der Waals surface area contributed by atoms with Gasteiger partial charge < -0.3 is 15.0 Å². The van der Waals surface area contributed by atoms with Gasteiger partial charge in [-0.2, -0.15) is 26.3 Å². The Morgan fingerprint density at radius 3 is 2.15 bits per heavy atom. The van der Waals surface area contributed by atoms with Crippen molar-refractivity contribution in [3.05, 3.63) is 104 Å². The Bertz CT molecular complexity index is 1900. The van der Waals surface area contributed by atoms with Gasteiger partial charge in [-0.25, -0.2) is 4.90 Å². The predicted octanol–water partition coefficient (Wildman–Crippen LogP) is 6.29. The van der Waals surface area contributed by atoms with Crippen LogP contribution < -0.4 is 19.8 Å². The van der Waals surface area contributed by atoms with Crippen molar-refractivity contribution in [3.63, 3.8) is 0 Å². The zero-order valence-corrected chi connectivity index (χ0v) is 24.6. The van der Waals surface area contributed by atoms with Gasteiger partial charge in [-0.3, -0.25) is 19.2 Å². The summed E-state index contributed by atoms with van der Waals surface area (Å²) in [5.74, 6) is -4.46. The Balaban J connectivity index is 1.25. The number of alkyl halides is 6. The van der Waals surface area contributed by atoms with E-state index >= 15 is 0 Å². The first-order chi connectivity index (χ1) is 21.7. The SMILES string of the molecule is O=C(COc1ccc([C@@H]2c3sc(=O)[nH]c3S[C@H]3C(=O)N(c4ccccc4C(F)(F)F)C(=O)[C@@H]23)cc1)Nc1ccccc1C(F)(F)F. The van der Waals surface area contributed by atoms with Gasteiger partial charge in [0, 0.05) is 10.8 Å². The fraction of sp³-hybridized carbons (Fsp3) is 0.200. The van der Waals surface area contributed by atoms with E-state index < -0.39 is 81.1 Å². The van der Waals surface area contributed by atoms with Crippen LogP contribution in [0.15, 0.2) is 82.6 Å². The van der Waals surface area contributed by atoms with Crippen LogP contribution in [0, 0.1) is 5.92 Å². The molecule has 0 radical (unpaired) electrons. The number of hydrogen-bond donors (Lipinski definition) is 2. The lowest BCUT2D eigenvalue weighted by molar-refractivity contribution is -0.138. The van der Waals surface area contributed by atoms with Crippen LogP contribution in [0.4, 0.5) is 37.7 Å². The molecule has 46 heavy (non-hydrogen) atoms. The monoisotopic (exact) mass is 679 g/mol. The molecule has 2 N–H and O–H groups in total. The van der Waals surface area contributed by atoms with Crippen LogP contribution in [-0.2, 0) is 26.7 Å². The highest BCUT2D eigenvalue weighted by Crippen LogP contribution is 2.54. The molecule has 2 aliphatic rings. The molecule has 3 heterocycles. The maximum atomic E-state index is 13.8. The minimum absolute atomic E-state index is 0.141. The number of nitrogens with zero attached hydrogens (tertiary/aromatic N) is 1. The summed E-state index contributed by atoms with van der Waals surface area (Å²) in [6, 6.07) is 14.6. The van der Waals surface area contributed by atoms with Crippen LogP contribution in [0.5, 0.6) is 5.75 Å². The summed E-state index contributed by atoms with van der Waals surface area (Å²) < 4.78 is 86.7. The fourth-order valence-electron chi connectivity index (χ4n) is 5.47. The van der Waals surface area contributed by atoms with Gasteiger partial charge in [0.15, 0.2) is 6.61 Å². The van der Waals surface area contributed by atoms with E-state index in [4.69, 9.17) is 4.74 Å². The summed E-state index contributed by atoms with van der Waals surface area (Å²) in [5, 5.41) is 1.36. The van der Waals surface area contributed by atoms with E-state index in [1.54, 1.807) is 0 Å². The van der Waals surface area contributed by atoms with Crippen LogP contribution >= 0.6 is 23.1 Å². The smallest absolute Gasteiger partial charge is 0.418 e. The number of H-pyrrole nitrogens is 1. The van der Waals surface area contributed by atoms with Crippen molar-refractivity contribution < 1.29 is 45.5 Å². The number of nitrogens with one attached hydrogen (secondary N) is 2. The second-order valence-corrected chi connectivity index (χ2v) is 12.4. The van der Waals surface area contributed by atoms with E-state index in [1.807, 2.05) is 0 Å². The molecule has 8 nitrogen and oxygen atoms in total. The number of amides is 3. The van der Waals surface area contributed by atoms with Crippen molar-refractivity contribution in [1.82, 2.24) is 4.98 Å². The Hall–Kier alpha value is -4.57. The summed E-state index contributed by atoms with van der Waals surface area (Å²) in [6.45, 7) is -0.638. The molecule has 1 saturated heterocycles. The molecule has 3 aromatic carbocycles. The number of aromatic nitrogens is 1. The standard InChI is InChI=1S/C30H19F6N3O5S2/c31-29(32,33)16-5-1-3-7-18(16)37-20(40)13-44-15-11-9-14(10-12-15)21-22-24(45-25-23(21)46-28(43)38-25)27(42)39(26(22)41)19-8-4-2-6-17(19)30(34,35)36/h1-12,21-22,24H,13H2,(H,37,40)(H,38,43)/t21-,22-,24+/m0/s1. The molecule has 0 spiro atoms. The van der Waals surface area contributed by atoms with Gasteiger partial charge in [0.1, 0.15) is 11.0 Å². The van der Waals surface area contributed by atoms with Gasteiger partial charge in [-0.1, -0.05) is 59.5 Å². The third-order valence-electron chi connectivity index (χ3n) is 7.39. The molecule has 3 amide bonds. The van der Waals surface area contributed by atoms with Gasteiger partial charge in [-0.15, -0.1) is 0 Å². The molecule has 4 aromatic rings. The molecule has 6 rings (SSSR count). The number of para-hydroxylation sites is 2. The molecule has 0 aliphatic carbocycles. The van der Waals surface area contributed by atoms with Crippen molar-refractivity contribution in [3.8, 4) is 5.75 Å². The summed E-state index contributed by atoms with van der Waals surface area (Å²) in [4.78, 5) is 55.2. The number of benzene rings is 3. The van der Waals surface area contributed by atoms with Crippen molar-refractivity contribution in [1.29, 1.82) is 0 Å². The predicted molar refractivity (Wildman–Crippen MR) is 156 cm³/mol. The largest absolute Gasteiger partial charge is 0.484 e. The Morgan fingerprint density at radius 2 is 1.48 bits per heavy atom. The molecule has 238 valence electrons. The zero-order chi connectivity index (χ0) is 33.0. The first-order valence-electron chi connectivity index (χ1n) is 13.4. The van der Waals surface area contributed by atoms with Crippen LogP contribution in [0.25, 0.3) is 0 Å². The van der Waals surface area contributed by atoms with Crippen molar-refractivity contribution in [2.45, 2.75) is 28.5 Å². The van der Waals surface area contributed by atoms with Gasteiger partial charge in [0.05, 0.1) is 33.4 Å². The van der Waals surface area contributed by atoms with E-state index in [1.165, 1.54) is 42.5 Å². The second kappa shape index (κ2) is 11.7. The highest BCUT2D eigenvalue weighted by atomic mass is 32.2. The van der Waals surface area contributed by atoms with Crippen LogP contribution in [-0.4, -0.2) is 34.6 Å². The van der Waals surface area contributed by atoms with Gasteiger partial charge >= 0.3 is 17.2 Å². The molecule has 0 saturated carbocycles. The molecule has 1 aromatic heterocycles. The van der Waals surface area contributed by atoms with E-state index in [2.05, 4.69) is 10.3 Å². The zero-order valence-electron chi connectivity index (χ0n) is 22.9. The summed E-state index contributed by atoms with van der Waals surface area (Å²) in [7, 11) is 0. The number of rotatable bonds is 6. The van der Waals surface area contributed by atoms with Gasteiger partial charge in [0.2, 0.25) is 11.8 Å². The third kappa shape index (κ3) is 5.77. The molecule has 3 atom stereocenters. The number of carbonyl (C=O) groups excluding carboxylic acids is 3. The van der Waals surface area contributed by atoms with E-state index in [0.29, 0.717) is 20.4 Å². The quantitative estimate of drug-likeness (QED) is 0.183. The average molecular weight is 680 g/mol. The molecule has 0 unspecified atom stereocenters. The number of anilines is 2. The maximum absolute atomic E-state index is 13.8. The first-order valence-corrected chi connectivity index (χ1v) is 15.1. The minimum atomic E-state index is -4.84. The molecular formula is C30H19F6N3O5S2. The first kappa shape index (κ1) is 31.4. The van der Waals surface area contributed by atoms with E-state index in [9.17, 15) is 45.5 Å². The number of imide groups is 1. The molecular weight excluding hydrogens is 660 g/mol. The Morgan fingerprint density at radius 1 is 0.848 bits per heavy atom. The van der Waals surface area contributed by atoms with Gasteiger partial charge in [-0.05, 0) is 42.0 Å². The topological polar surface area (TPSA) is 109 Å². The molecule has 16 heteroatoms. The number of thiazole rings is 1. The maximum Gasteiger partial charge on any atom is 0.418 e. The Labute approximate surface area is 263 Å². The van der Waals surface area contributed by atoms with E-state index in [0.717, 1.165) is 53.4 Å². The van der Waals surface area contributed by atoms with Crippen molar-refractivity contribution >= 4 is 52.2 Å². The minimum Gasteiger partial charge on any atom is -0.484 e. The van der Waals surface area contributed by atoms with Crippen molar-refractivity contribution in [2.24, 2.45) is 5.92 Å². The lowest BCUT2D eigenvalue weighted by Gasteiger charge is -2.29. The highest BCUT2D eigenvalue weighted by molar-refractivity contribution is 8.00. The normalized spacial score (nSPS) is 19.5.